The van der Waals surface area contributed by atoms with Gasteiger partial charge in [-0.25, -0.2) is 0 Å². The Kier molecular flexibility index (Phi) is 3.17. The minimum Gasteiger partial charge on any atom is -0.291 e. The Balaban J connectivity index is 2.48. The fraction of sp³-hybridized carbons (Fsp3) is 0.0833. The molecule has 2 rings (SSSR count). The quantitative estimate of drug-likeness (QED) is 0.773. The van der Waals surface area contributed by atoms with Crippen molar-refractivity contribution in [2.75, 3.05) is 0 Å². The summed E-state index contributed by atoms with van der Waals surface area (Å²) >= 11 is 5.76. The lowest BCUT2D eigenvalue weighted by Gasteiger charge is -2.10. The van der Waals surface area contributed by atoms with Crippen molar-refractivity contribution in [1.29, 1.82) is 0 Å². The zero-order valence-electron chi connectivity index (χ0n) is 8.91. The molecule has 0 N–H and O–H groups in total. The fourth-order valence-corrected chi connectivity index (χ4v) is 1.67. The van der Waals surface area contributed by atoms with Crippen LogP contribution in [-0.4, -0.2) is 10.5 Å². The van der Waals surface area contributed by atoms with E-state index in [1.54, 1.807) is 12.1 Å². The number of carbonyl (C=O) groups is 1. The number of halogens is 4. The number of hydrogen-bond donors (Lipinski definition) is 0. The first kappa shape index (κ1) is 12.7. The minimum absolute atomic E-state index is 0.0123. The van der Waals surface area contributed by atoms with Crippen molar-refractivity contribution in [2.24, 2.45) is 0 Å². The number of nitrogens with zero attached hydrogens (tertiary/aromatic N) is 1. The van der Waals surface area contributed by atoms with Crippen LogP contribution in [0.1, 0.15) is 15.9 Å². The third-order valence-corrected chi connectivity index (χ3v) is 2.69. The monoisotopic (exact) mass is 273 g/mol. The van der Waals surface area contributed by atoms with Crippen LogP contribution in [0.25, 0.3) is 0 Å². The first-order chi connectivity index (χ1) is 8.39. The van der Waals surface area contributed by atoms with Crippen LogP contribution >= 0.6 is 11.6 Å². The summed E-state index contributed by atoms with van der Waals surface area (Å²) in [7, 11) is 0. The molecule has 0 unspecified atom stereocenters. The second-order valence-corrected chi connectivity index (χ2v) is 4.00. The van der Waals surface area contributed by atoms with Gasteiger partial charge in [0.15, 0.2) is 0 Å². The second kappa shape index (κ2) is 4.49. The normalized spacial score (nSPS) is 11.6. The largest absolute Gasteiger partial charge is 0.416 e. The van der Waals surface area contributed by atoms with Crippen molar-refractivity contribution in [3.63, 3.8) is 0 Å². The molecule has 0 amide bonds. The summed E-state index contributed by atoms with van der Waals surface area (Å²) in [6.45, 7) is 0. The van der Waals surface area contributed by atoms with Crippen molar-refractivity contribution >= 4 is 17.5 Å². The van der Waals surface area contributed by atoms with Crippen LogP contribution in [0.3, 0.4) is 0 Å². The Morgan fingerprint density at radius 2 is 1.78 bits per heavy atom. The van der Waals surface area contributed by atoms with Gasteiger partial charge in [0.05, 0.1) is 16.1 Å². The van der Waals surface area contributed by atoms with Crippen molar-refractivity contribution < 1.29 is 18.0 Å². The summed E-state index contributed by atoms with van der Waals surface area (Å²) < 4.78 is 38.8. The maximum absolute atomic E-state index is 12.5. The van der Waals surface area contributed by atoms with E-state index in [1.165, 1.54) is 17.0 Å². The molecule has 0 aliphatic heterocycles. The molecule has 2 aromatic rings. The van der Waals surface area contributed by atoms with E-state index in [0.717, 1.165) is 18.2 Å². The summed E-state index contributed by atoms with van der Waals surface area (Å²) in [5.41, 5.74) is -1.08. The molecule has 0 saturated heterocycles. The molecule has 1 aromatic carbocycles. The van der Waals surface area contributed by atoms with E-state index in [9.17, 15) is 18.0 Å². The number of hydrogen-bond acceptors (Lipinski definition) is 1. The van der Waals surface area contributed by atoms with Gasteiger partial charge in [-0.15, -0.1) is 0 Å². The van der Waals surface area contributed by atoms with Crippen molar-refractivity contribution in [2.45, 2.75) is 6.18 Å². The fourth-order valence-electron chi connectivity index (χ4n) is 1.47. The number of rotatable bonds is 1. The van der Waals surface area contributed by atoms with E-state index in [0.29, 0.717) is 0 Å². The van der Waals surface area contributed by atoms with E-state index in [-0.39, 0.29) is 10.6 Å². The predicted molar refractivity (Wildman–Crippen MR) is 60.6 cm³/mol. The zero-order chi connectivity index (χ0) is 13.3. The average Bonchev–Trinajstić information content (AvgIpc) is 2.80. The number of alkyl halides is 3. The van der Waals surface area contributed by atoms with Gasteiger partial charge in [0.1, 0.15) is 0 Å². The molecule has 2 nitrogen and oxygen atoms in total. The Morgan fingerprint density at radius 3 is 2.33 bits per heavy atom. The number of benzene rings is 1. The Labute approximate surface area is 106 Å². The predicted octanol–water partition coefficient (Wildman–Crippen LogP) is 3.85. The first-order valence-electron chi connectivity index (χ1n) is 4.94. The van der Waals surface area contributed by atoms with Crippen LogP contribution in [0.5, 0.6) is 0 Å². The summed E-state index contributed by atoms with van der Waals surface area (Å²) in [6, 6.07) is 5.86. The molecule has 0 atom stereocenters. The lowest BCUT2D eigenvalue weighted by molar-refractivity contribution is -0.137. The third-order valence-electron chi connectivity index (χ3n) is 2.36. The summed E-state index contributed by atoms with van der Waals surface area (Å²) in [6.07, 6.45) is -1.62. The highest BCUT2D eigenvalue weighted by atomic mass is 35.5. The first-order valence-corrected chi connectivity index (χ1v) is 5.32. The highest BCUT2D eigenvalue weighted by Gasteiger charge is 2.31. The van der Waals surface area contributed by atoms with Gasteiger partial charge in [-0.1, -0.05) is 11.6 Å². The van der Waals surface area contributed by atoms with Crippen molar-refractivity contribution in [3.05, 3.63) is 58.9 Å². The van der Waals surface area contributed by atoms with Crippen molar-refractivity contribution in [3.8, 4) is 0 Å². The number of carbonyl (C=O) groups excluding carboxylic acids is 1. The molecule has 0 spiro atoms. The highest BCUT2D eigenvalue weighted by molar-refractivity contribution is 6.33. The minimum atomic E-state index is -4.50. The smallest absolute Gasteiger partial charge is 0.291 e. The molecule has 6 heteroatoms. The van der Waals surface area contributed by atoms with Gasteiger partial charge in [-0.05, 0) is 30.3 Å². The van der Waals surface area contributed by atoms with Gasteiger partial charge in [-0.3, -0.25) is 9.36 Å². The SMILES string of the molecule is O=C(c1cc(C(F)(F)F)ccc1Cl)n1cccc1. The van der Waals surface area contributed by atoms with Crippen molar-refractivity contribution in [1.82, 2.24) is 4.57 Å². The van der Waals surface area contributed by atoms with Crippen LogP contribution < -0.4 is 0 Å². The summed E-state index contributed by atoms with van der Waals surface area (Å²) in [5, 5.41) is -0.0123. The van der Waals surface area contributed by atoms with Gasteiger partial charge < -0.3 is 0 Å². The van der Waals surface area contributed by atoms with E-state index in [4.69, 9.17) is 11.6 Å². The lowest BCUT2D eigenvalue weighted by atomic mass is 10.1. The van der Waals surface area contributed by atoms with Crippen LogP contribution in [0, 0.1) is 0 Å². The molecular weight excluding hydrogens is 267 g/mol. The van der Waals surface area contributed by atoms with Gasteiger partial charge in [-0.2, -0.15) is 13.2 Å². The molecule has 0 radical (unpaired) electrons. The molecule has 0 bridgehead atoms. The molecule has 94 valence electrons. The average molecular weight is 274 g/mol. The molecular formula is C12H7ClF3NO. The van der Waals surface area contributed by atoms with E-state index < -0.39 is 17.6 Å². The Morgan fingerprint density at radius 1 is 1.17 bits per heavy atom. The maximum atomic E-state index is 12.5. The van der Waals surface area contributed by atoms with Gasteiger partial charge in [0.2, 0.25) is 0 Å². The summed E-state index contributed by atoms with van der Waals surface area (Å²) in [5.74, 6) is -0.601. The van der Waals surface area contributed by atoms with Gasteiger partial charge in [0.25, 0.3) is 5.91 Å². The highest BCUT2D eigenvalue weighted by Crippen LogP contribution is 2.32. The summed E-state index contributed by atoms with van der Waals surface area (Å²) in [4.78, 5) is 11.9. The van der Waals surface area contributed by atoms with E-state index >= 15 is 0 Å². The van der Waals surface area contributed by atoms with E-state index in [1.807, 2.05) is 0 Å². The molecule has 18 heavy (non-hydrogen) atoms. The van der Waals surface area contributed by atoms with Gasteiger partial charge >= 0.3 is 6.18 Å². The molecule has 0 saturated carbocycles. The van der Waals surface area contributed by atoms with Crippen LogP contribution in [0.15, 0.2) is 42.7 Å². The zero-order valence-corrected chi connectivity index (χ0v) is 9.66. The third kappa shape index (κ3) is 2.41. The molecule has 0 fully saturated rings. The van der Waals surface area contributed by atoms with Crippen LogP contribution in [0.4, 0.5) is 13.2 Å². The topological polar surface area (TPSA) is 22.0 Å². The number of aromatic nitrogens is 1. The second-order valence-electron chi connectivity index (χ2n) is 3.59. The van der Waals surface area contributed by atoms with Crippen LogP contribution in [0.2, 0.25) is 5.02 Å². The molecule has 1 aromatic heterocycles. The van der Waals surface area contributed by atoms with Gasteiger partial charge in [0, 0.05) is 12.4 Å². The molecule has 1 heterocycles. The lowest BCUT2D eigenvalue weighted by Crippen LogP contribution is -2.13. The Hall–Kier alpha value is -1.75. The van der Waals surface area contributed by atoms with Crippen LogP contribution in [-0.2, 0) is 6.18 Å². The standard InChI is InChI=1S/C12H7ClF3NO/c13-10-4-3-8(12(14,15)16)7-9(10)11(18)17-5-1-2-6-17/h1-7H. The maximum Gasteiger partial charge on any atom is 0.416 e. The molecule has 0 aliphatic carbocycles. The Bertz CT molecular complexity index is 576. The van der Waals surface area contributed by atoms with E-state index in [2.05, 4.69) is 0 Å². The molecule has 0 aliphatic rings.